The van der Waals surface area contributed by atoms with Crippen LogP contribution in [0.15, 0.2) is 30.3 Å². The van der Waals surface area contributed by atoms with Crippen LogP contribution in [0.1, 0.15) is 51.7 Å². The van der Waals surface area contributed by atoms with Gasteiger partial charge in [-0.3, -0.25) is 4.79 Å². The second kappa shape index (κ2) is 7.93. The number of aliphatic hydroxyl groups excluding tert-OH is 1. The monoisotopic (exact) mass is 319 g/mol. The highest BCUT2D eigenvalue weighted by atomic mass is 16.5. The topological polar surface area (TPSA) is 58.6 Å². The lowest BCUT2D eigenvalue weighted by atomic mass is 9.86. The maximum absolute atomic E-state index is 12.7. The van der Waals surface area contributed by atoms with E-state index in [0.717, 1.165) is 24.8 Å². The molecule has 0 bridgehead atoms. The zero-order chi connectivity index (χ0) is 16.9. The molecule has 23 heavy (non-hydrogen) atoms. The molecule has 0 aromatic heterocycles. The zero-order valence-electron chi connectivity index (χ0n) is 14.4. The minimum absolute atomic E-state index is 0.0122. The lowest BCUT2D eigenvalue weighted by Crippen LogP contribution is -2.45. The normalized spacial score (nSPS) is 23.3. The molecule has 4 heteroatoms. The summed E-state index contributed by atoms with van der Waals surface area (Å²) < 4.78 is 5.89. The maximum atomic E-state index is 12.7. The summed E-state index contributed by atoms with van der Waals surface area (Å²) >= 11 is 0. The molecule has 0 spiro atoms. The van der Waals surface area contributed by atoms with Crippen molar-refractivity contribution >= 4 is 5.91 Å². The van der Waals surface area contributed by atoms with Gasteiger partial charge in [-0.1, -0.05) is 51.1 Å². The summed E-state index contributed by atoms with van der Waals surface area (Å²) in [5.74, 6) is -0.206. The van der Waals surface area contributed by atoms with E-state index in [1.807, 2.05) is 30.3 Å². The molecule has 3 atom stereocenters. The van der Waals surface area contributed by atoms with Gasteiger partial charge >= 0.3 is 0 Å². The molecule has 3 unspecified atom stereocenters. The fraction of sp³-hybridized carbons (Fsp3) is 0.632. The third kappa shape index (κ3) is 5.33. The van der Waals surface area contributed by atoms with Crippen LogP contribution in [-0.2, 0) is 9.53 Å². The summed E-state index contributed by atoms with van der Waals surface area (Å²) in [4.78, 5) is 12.7. The van der Waals surface area contributed by atoms with Crippen molar-refractivity contribution in [3.8, 4) is 0 Å². The van der Waals surface area contributed by atoms with E-state index in [0.29, 0.717) is 6.61 Å². The van der Waals surface area contributed by atoms with Gasteiger partial charge < -0.3 is 15.2 Å². The van der Waals surface area contributed by atoms with Crippen LogP contribution in [-0.4, -0.2) is 30.3 Å². The summed E-state index contributed by atoms with van der Waals surface area (Å²) in [6, 6.07) is 9.72. The van der Waals surface area contributed by atoms with Crippen LogP contribution in [0.5, 0.6) is 0 Å². The van der Waals surface area contributed by atoms with Crippen molar-refractivity contribution in [2.24, 2.45) is 11.3 Å². The minimum atomic E-state index is -0.208. The van der Waals surface area contributed by atoms with Gasteiger partial charge in [-0.2, -0.15) is 0 Å². The average Bonchev–Trinajstić information content (AvgIpc) is 2.53. The van der Waals surface area contributed by atoms with E-state index in [-0.39, 0.29) is 36.0 Å². The number of ether oxygens (including phenoxy) is 1. The van der Waals surface area contributed by atoms with Gasteiger partial charge in [0.05, 0.1) is 24.7 Å². The van der Waals surface area contributed by atoms with E-state index in [9.17, 15) is 9.90 Å². The SMILES string of the molecule is CC(C)(C)CC(CO)NC(=O)C1CCCOC1c1ccccc1. The lowest BCUT2D eigenvalue weighted by molar-refractivity contribution is -0.136. The van der Waals surface area contributed by atoms with E-state index >= 15 is 0 Å². The van der Waals surface area contributed by atoms with Gasteiger partial charge in [-0.05, 0) is 30.2 Å². The van der Waals surface area contributed by atoms with E-state index in [1.54, 1.807) is 0 Å². The number of nitrogens with one attached hydrogen (secondary N) is 1. The van der Waals surface area contributed by atoms with Crippen molar-refractivity contribution in [2.45, 2.75) is 52.2 Å². The molecule has 1 saturated heterocycles. The van der Waals surface area contributed by atoms with Crippen molar-refractivity contribution in [1.29, 1.82) is 0 Å². The molecule has 1 amide bonds. The Morgan fingerprint density at radius 3 is 2.65 bits per heavy atom. The van der Waals surface area contributed by atoms with Gasteiger partial charge in [0.25, 0.3) is 0 Å². The molecule has 0 radical (unpaired) electrons. The van der Waals surface area contributed by atoms with Gasteiger partial charge in [-0.25, -0.2) is 0 Å². The van der Waals surface area contributed by atoms with Crippen LogP contribution in [0.4, 0.5) is 0 Å². The molecule has 4 nitrogen and oxygen atoms in total. The molecule has 1 fully saturated rings. The Bertz CT molecular complexity index is 495. The van der Waals surface area contributed by atoms with E-state index in [2.05, 4.69) is 26.1 Å². The first-order chi connectivity index (χ1) is 10.9. The highest BCUT2D eigenvalue weighted by molar-refractivity contribution is 5.80. The number of carbonyl (C=O) groups is 1. The fourth-order valence-corrected chi connectivity index (χ4v) is 3.23. The Morgan fingerprint density at radius 1 is 1.35 bits per heavy atom. The molecular formula is C19H29NO3. The molecule has 0 aliphatic carbocycles. The van der Waals surface area contributed by atoms with Crippen molar-refractivity contribution in [2.75, 3.05) is 13.2 Å². The second-order valence-electron chi connectivity index (χ2n) is 7.60. The molecular weight excluding hydrogens is 290 g/mol. The average molecular weight is 319 g/mol. The summed E-state index contributed by atoms with van der Waals surface area (Å²) in [5.41, 5.74) is 1.10. The summed E-state index contributed by atoms with van der Waals surface area (Å²) in [7, 11) is 0. The fourth-order valence-electron chi connectivity index (χ4n) is 3.23. The van der Waals surface area contributed by atoms with Gasteiger partial charge in [0.2, 0.25) is 5.91 Å². The van der Waals surface area contributed by atoms with Crippen LogP contribution >= 0.6 is 0 Å². The van der Waals surface area contributed by atoms with Crippen LogP contribution in [0.25, 0.3) is 0 Å². The molecule has 1 aliphatic rings. The molecule has 2 N–H and O–H groups in total. The Morgan fingerprint density at radius 2 is 2.04 bits per heavy atom. The van der Waals surface area contributed by atoms with Crippen LogP contribution in [0, 0.1) is 11.3 Å². The molecule has 1 aliphatic heterocycles. The second-order valence-corrected chi connectivity index (χ2v) is 7.60. The number of carbonyl (C=O) groups excluding carboxylic acids is 1. The van der Waals surface area contributed by atoms with Gasteiger partial charge in [-0.15, -0.1) is 0 Å². The highest BCUT2D eigenvalue weighted by Crippen LogP contribution is 2.34. The molecule has 2 rings (SSSR count). The zero-order valence-corrected chi connectivity index (χ0v) is 14.4. The molecule has 1 heterocycles. The number of hydrogen-bond acceptors (Lipinski definition) is 3. The minimum Gasteiger partial charge on any atom is -0.394 e. The predicted octanol–water partition coefficient (Wildman–Crippen LogP) is 3.07. The number of rotatable bonds is 5. The Kier molecular flexibility index (Phi) is 6.19. The quantitative estimate of drug-likeness (QED) is 0.877. The predicted molar refractivity (Wildman–Crippen MR) is 90.9 cm³/mol. The van der Waals surface area contributed by atoms with Crippen LogP contribution < -0.4 is 5.32 Å². The highest BCUT2D eigenvalue weighted by Gasteiger charge is 2.34. The molecule has 128 valence electrons. The summed E-state index contributed by atoms with van der Waals surface area (Å²) in [6.45, 7) is 6.98. The Hall–Kier alpha value is -1.39. The number of aliphatic hydroxyl groups is 1. The third-order valence-corrected chi connectivity index (χ3v) is 4.21. The standard InChI is InChI=1S/C19H29NO3/c1-19(2,3)12-15(13-21)20-18(22)16-10-7-11-23-17(16)14-8-5-4-6-9-14/h4-6,8-9,15-17,21H,7,10-13H2,1-3H3,(H,20,22). The van der Waals surface area contributed by atoms with Gasteiger partial charge in [0.15, 0.2) is 0 Å². The lowest BCUT2D eigenvalue weighted by Gasteiger charge is -2.33. The summed E-state index contributed by atoms with van der Waals surface area (Å²) in [5, 5.41) is 12.6. The Balaban J connectivity index is 2.06. The Labute approximate surface area is 139 Å². The van der Waals surface area contributed by atoms with Crippen molar-refractivity contribution in [1.82, 2.24) is 5.32 Å². The van der Waals surface area contributed by atoms with Crippen LogP contribution in [0.2, 0.25) is 0 Å². The first-order valence-electron chi connectivity index (χ1n) is 8.48. The third-order valence-electron chi connectivity index (χ3n) is 4.21. The van der Waals surface area contributed by atoms with E-state index in [4.69, 9.17) is 4.74 Å². The number of benzene rings is 1. The van der Waals surface area contributed by atoms with Crippen LogP contribution in [0.3, 0.4) is 0 Å². The molecule has 1 aromatic rings. The largest absolute Gasteiger partial charge is 0.394 e. The molecule has 0 saturated carbocycles. The first-order valence-corrected chi connectivity index (χ1v) is 8.48. The van der Waals surface area contributed by atoms with E-state index in [1.165, 1.54) is 0 Å². The van der Waals surface area contributed by atoms with Crippen molar-refractivity contribution in [3.63, 3.8) is 0 Å². The molecule has 1 aromatic carbocycles. The maximum Gasteiger partial charge on any atom is 0.226 e. The van der Waals surface area contributed by atoms with Crippen molar-refractivity contribution in [3.05, 3.63) is 35.9 Å². The number of amides is 1. The van der Waals surface area contributed by atoms with Gasteiger partial charge in [0.1, 0.15) is 0 Å². The van der Waals surface area contributed by atoms with Gasteiger partial charge in [0, 0.05) is 6.61 Å². The van der Waals surface area contributed by atoms with Crippen molar-refractivity contribution < 1.29 is 14.6 Å². The summed E-state index contributed by atoms with van der Waals surface area (Å²) in [6.07, 6.45) is 2.27. The number of hydrogen-bond donors (Lipinski definition) is 2. The first kappa shape index (κ1) is 18.0. The van der Waals surface area contributed by atoms with E-state index < -0.39 is 0 Å². The smallest absolute Gasteiger partial charge is 0.226 e.